The van der Waals surface area contributed by atoms with Gasteiger partial charge in [-0.15, -0.1) is 0 Å². The minimum Gasteiger partial charge on any atom is -0.465 e. The Morgan fingerprint density at radius 1 is 1.50 bits per heavy atom. The first-order valence-electron chi connectivity index (χ1n) is 6.30. The number of urea groups is 1. The van der Waals surface area contributed by atoms with E-state index in [0.717, 1.165) is 9.13 Å². The third-order valence-corrected chi connectivity index (χ3v) is 3.76. The zero-order valence-corrected chi connectivity index (χ0v) is 13.4. The van der Waals surface area contributed by atoms with Crippen LogP contribution in [0.2, 0.25) is 0 Å². The molecule has 2 amide bonds. The normalized spacial score (nSPS) is 21.9. The van der Waals surface area contributed by atoms with Crippen LogP contribution in [0.5, 0.6) is 0 Å². The Kier molecular flexibility index (Phi) is 4.74. The van der Waals surface area contributed by atoms with Crippen LogP contribution in [0.3, 0.4) is 0 Å². The minimum atomic E-state index is -0.578. The van der Waals surface area contributed by atoms with E-state index in [4.69, 9.17) is 4.74 Å². The molecule has 0 spiro atoms. The van der Waals surface area contributed by atoms with Gasteiger partial charge in [0.05, 0.1) is 12.6 Å². The number of rotatable bonds is 3. The highest BCUT2D eigenvalue weighted by atomic mass is 127. The molecule has 1 aromatic carbocycles. The van der Waals surface area contributed by atoms with E-state index in [1.807, 2.05) is 24.3 Å². The topological polar surface area (TPSA) is 67.8 Å². The lowest BCUT2D eigenvalue weighted by Gasteiger charge is -2.29. The first-order valence-corrected chi connectivity index (χ1v) is 7.38. The average molecular weight is 386 g/mol. The van der Waals surface area contributed by atoms with Gasteiger partial charge in [-0.05, 0) is 54.1 Å². The van der Waals surface area contributed by atoms with E-state index in [0.29, 0.717) is 12.3 Å². The van der Waals surface area contributed by atoms with Gasteiger partial charge in [0, 0.05) is 9.28 Å². The summed E-state index contributed by atoms with van der Waals surface area (Å²) >= 11 is 2.19. The molecule has 0 saturated carbocycles. The highest BCUT2D eigenvalue weighted by Gasteiger charge is 2.37. The molecule has 20 heavy (non-hydrogen) atoms. The first-order chi connectivity index (χ1) is 9.52. The molecular formula is C14H15IN2O3. The quantitative estimate of drug-likeness (QED) is 0.642. The lowest BCUT2D eigenvalue weighted by atomic mass is 9.88. The van der Waals surface area contributed by atoms with Gasteiger partial charge in [-0.3, -0.25) is 4.79 Å². The second-order valence-electron chi connectivity index (χ2n) is 4.47. The summed E-state index contributed by atoms with van der Waals surface area (Å²) in [6, 6.07) is 6.82. The summed E-state index contributed by atoms with van der Waals surface area (Å²) < 4.78 is 6.14. The number of carbonyl (C=O) groups excluding carboxylic acids is 2. The maximum absolute atomic E-state index is 12.1. The number of esters is 1. The largest absolute Gasteiger partial charge is 0.465 e. The third kappa shape index (κ3) is 3.17. The Labute approximate surface area is 130 Å². The van der Waals surface area contributed by atoms with Gasteiger partial charge in [-0.2, -0.15) is 0 Å². The Morgan fingerprint density at radius 3 is 2.90 bits per heavy atom. The molecule has 0 aromatic heterocycles. The highest BCUT2D eigenvalue weighted by molar-refractivity contribution is 14.1. The van der Waals surface area contributed by atoms with Crippen molar-refractivity contribution in [1.82, 2.24) is 5.32 Å². The lowest BCUT2D eigenvalue weighted by molar-refractivity contribution is -0.146. The van der Waals surface area contributed by atoms with Crippen LogP contribution in [0.1, 0.15) is 25.5 Å². The molecule has 1 heterocycles. The van der Waals surface area contributed by atoms with E-state index in [2.05, 4.69) is 32.9 Å². The number of hydrogen-bond donors (Lipinski definition) is 1. The molecule has 5 nitrogen and oxygen atoms in total. The van der Waals surface area contributed by atoms with E-state index in [1.54, 1.807) is 13.8 Å². The number of ether oxygens (including phenoxy) is 1. The molecule has 1 aromatic rings. The van der Waals surface area contributed by atoms with Gasteiger partial charge >= 0.3 is 12.0 Å². The number of aliphatic imine (C=N–C) groups is 1. The molecule has 2 unspecified atom stereocenters. The summed E-state index contributed by atoms with van der Waals surface area (Å²) in [5.41, 5.74) is 1.36. The van der Waals surface area contributed by atoms with Crippen molar-refractivity contribution in [3.8, 4) is 0 Å². The van der Waals surface area contributed by atoms with Crippen LogP contribution in [0.15, 0.2) is 29.3 Å². The van der Waals surface area contributed by atoms with Crippen molar-refractivity contribution >= 4 is 40.3 Å². The fourth-order valence-electron chi connectivity index (χ4n) is 2.23. The Hall–Kier alpha value is -1.44. The highest BCUT2D eigenvalue weighted by Crippen LogP contribution is 2.28. The molecule has 0 fully saturated rings. The average Bonchev–Trinajstić information content (AvgIpc) is 2.37. The molecule has 2 atom stereocenters. The Balaban J connectivity index is 2.40. The maximum Gasteiger partial charge on any atom is 0.341 e. The van der Waals surface area contributed by atoms with Crippen molar-refractivity contribution in [3.05, 3.63) is 33.4 Å². The molecular weight excluding hydrogens is 371 g/mol. The molecule has 6 heteroatoms. The van der Waals surface area contributed by atoms with Crippen molar-refractivity contribution in [2.75, 3.05) is 6.61 Å². The van der Waals surface area contributed by atoms with Crippen LogP contribution in [-0.2, 0) is 9.53 Å². The molecule has 1 aliphatic rings. The van der Waals surface area contributed by atoms with Gasteiger partial charge in [-0.1, -0.05) is 12.1 Å². The van der Waals surface area contributed by atoms with Gasteiger partial charge < -0.3 is 10.1 Å². The predicted molar refractivity (Wildman–Crippen MR) is 83.7 cm³/mol. The summed E-state index contributed by atoms with van der Waals surface area (Å²) in [5.74, 6) is -0.941. The zero-order chi connectivity index (χ0) is 14.7. The minimum absolute atomic E-state index is 0.301. The number of amides is 2. The van der Waals surface area contributed by atoms with Crippen LogP contribution in [-0.4, -0.2) is 24.3 Å². The van der Waals surface area contributed by atoms with E-state index in [-0.39, 0.29) is 5.97 Å². The molecule has 0 radical (unpaired) electrons. The number of benzene rings is 1. The molecule has 2 rings (SSSR count). The Bertz CT molecular complexity index is 571. The van der Waals surface area contributed by atoms with Crippen molar-refractivity contribution in [1.29, 1.82) is 0 Å². The van der Waals surface area contributed by atoms with Crippen LogP contribution in [0, 0.1) is 9.49 Å². The van der Waals surface area contributed by atoms with E-state index in [9.17, 15) is 9.59 Å². The van der Waals surface area contributed by atoms with Crippen molar-refractivity contribution in [2.24, 2.45) is 10.9 Å². The van der Waals surface area contributed by atoms with Gasteiger partial charge in [0.15, 0.2) is 0 Å². The SMILES string of the molecule is CCOC(=O)C1C(C)=NC(=O)NC1c1cccc(I)c1. The molecule has 0 aliphatic carbocycles. The van der Waals surface area contributed by atoms with Crippen LogP contribution < -0.4 is 5.32 Å². The fraction of sp³-hybridized carbons (Fsp3) is 0.357. The van der Waals surface area contributed by atoms with Crippen molar-refractivity contribution in [3.63, 3.8) is 0 Å². The summed E-state index contributed by atoms with van der Waals surface area (Å²) in [6.45, 7) is 3.74. The number of halogens is 1. The van der Waals surface area contributed by atoms with Crippen LogP contribution in [0.4, 0.5) is 4.79 Å². The van der Waals surface area contributed by atoms with Crippen molar-refractivity contribution < 1.29 is 14.3 Å². The zero-order valence-electron chi connectivity index (χ0n) is 11.2. The Morgan fingerprint density at radius 2 is 2.25 bits per heavy atom. The van der Waals surface area contributed by atoms with Gasteiger partial charge in [0.2, 0.25) is 0 Å². The predicted octanol–water partition coefficient (Wildman–Crippen LogP) is 2.70. The third-order valence-electron chi connectivity index (χ3n) is 3.09. The van der Waals surface area contributed by atoms with Crippen LogP contribution in [0.25, 0.3) is 0 Å². The van der Waals surface area contributed by atoms with E-state index in [1.165, 1.54) is 0 Å². The van der Waals surface area contributed by atoms with Gasteiger partial charge in [0.25, 0.3) is 0 Å². The summed E-state index contributed by atoms with van der Waals surface area (Å²) in [4.78, 5) is 27.6. The molecule has 1 N–H and O–H groups in total. The molecule has 1 aliphatic heterocycles. The summed E-state index contributed by atoms with van der Waals surface area (Å²) in [5, 5.41) is 2.75. The first kappa shape index (κ1) is 15.0. The second-order valence-corrected chi connectivity index (χ2v) is 5.71. The molecule has 0 bridgehead atoms. The monoisotopic (exact) mass is 386 g/mol. The van der Waals surface area contributed by atoms with E-state index < -0.39 is 18.0 Å². The van der Waals surface area contributed by atoms with Gasteiger partial charge in [0.1, 0.15) is 5.92 Å². The van der Waals surface area contributed by atoms with Crippen LogP contribution >= 0.6 is 22.6 Å². The lowest BCUT2D eigenvalue weighted by Crippen LogP contribution is -2.44. The fourth-order valence-corrected chi connectivity index (χ4v) is 2.80. The molecule has 106 valence electrons. The number of carbonyl (C=O) groups is 2. The smallest absolute Gasteiger partial charge is 0.341 e. The van der Waals surface area contributed by atoms with E-state index >= 15 is 0 Å². The number of nitrogens with one attached hydrogen (secondary N) is 1. The van der Waals surface area contributed by atoms with Crippen molar-refractivity contribution in [2.45, 2.75) is 19.9 Å². The number of nitrogens with zero attached hydrogens (tertiary/aromatic N) is 1. The second kappa shape index (κ2) is 6.34. The maximum atomic E-state index is 12.1. The summed E-state index contributed by atoms with van der Waals surface area (Å²) in [7, 11) is 0. The summed E-state index contributed by atoms with van der Waals surface area (Å²) in [6.07, 6.45) is 0. The number of hydrogen-bond acceptors (Lipinski definition) is 3. The van der Waals surface area contributed by atoms with Gasteiger partial charge in [-0.25, -0.2) is 9.79 Å². The molecule has 0 saturated heterocycles. The standard InChI is InChI=1S/C14H15IN2O3/c1-3-20-13(18)11-8(2)16-14(19)17-12(11)9-5-4-6-10(15)7-9/h4-7,11-12H,3H2,1-2H3,(H,17,19).